The molecule has 8 heteroatoms. The number of ether oxygens (including phenoxy) is 1. The van der Waals surface area contributed by atoms with E-state index in [0.717, 1.165) is 21.4 Å². The van der Waals surface area contributed by atoms with Crippen molar-refractivity contribution in [2.24, 2.45) is 0 Å². The molecule has 1 aromatic carbocycles. The average molecular weight is 344 g/mol. The summed E-state index contributed by atoms with van der Waals surface area (Å²) < 4.78 is 5.03. The van der Waals surface area contributed by atoms with Crippen LogP contribution in [0.3, 0.4) is 0 Å². The molecule has 0 spiro atoms. The van der Waals surface area contributed by atoms with E-state index >= 15 is 0 Å². The number of carbonyl (C=O) groups excluding carboxylic acids is 1. The van der Waals surface area contributed by atoms with Gasteiger partial charge in [0, 0.05) is 44.0 Å². The molecule has 0 bridgehead atoms. The monoisotopic (exact) mass is 344 g/mol. The van der Waals surface area contributed by atoms with Crippen molar-refractivity contribution < 1.29 is 19.4 Å². The van der Waals surface area contributed by atoms with Crippen LogP contribution in [-0.2, 0) is 16.1 Å². The van der Waals surface area contributed by atoms with Crippen molar-refractivity contribution in [1.82, 2.24) is 14.8 Å². The third-order valence-corrected chi connectivity index (χ3v) is 4.37. The Kier molecular flexibility index (Phi) is 4.71. The van der Waals surface area contributed by atoms with Crippen LogP contribution in [0, 0.1) is 0 Å². The predicted molar refractivity (Wildman–Crippen MR) is 92.0 cm³/mol. The highest BCUT2D eigenvalue weighted by Gasteiger charge is 2.37. The summed E-state index contributed by atoms with van der Waals surface area (Å²) in [6, 6.07) is 6.62. The smallest absolute Gasteiger partial charge is 0.408 e. The molecule has 8 nitrogen and oxygen atoms in total. The number of rotatable bonds is 4. The molecule has 0 aliphatic carbocycles. The minimum absolute atomic E-state index is 0.0391. The number of benzene rings is 1. The highest BCUT2D eigenvalue weighted by atomic mass is 16.5. The molecule has 2 heterocycles. The summed E-state index contributed by atoms with van der Waals surface area (Å²) >= 11 is 0. The van der Waals surface area contributed by atoms with Crippen molar-refractivity contribution in [3.63, 3.8) is 0 Å². The van der Waals surface area contributed by atoms with Crippen LogP contribution in [0.2, 0.25) is 0 Å². The molecule has 0 unspecified atom stereocenters. The molecular formula is C17H20N4O4. The van der Waals surface area contributed by atoms with E-state index in [1.165, 1.54) is 7.11 Å². The van der Waals surface area contributed by atoms with Gasteiger partial charge in [-0.2, -0.15) is 0 Å². The van der Waals surface area contributed by atoms with Crippen molar-refractivity contribution in [2.45, 2.75) is 12.6 Å². The Morgan fingerprint density at radius 3 is 2.92 bits per heavy atom. The summed E-state index contributed by atoms with van der Waals surface area (Å²) in [6.45, 7) is 1.03. The van der Waals surface area contributed by atoms with Gasteiger partial charge < -0.3 is 20.5 Å². The summed E-state index contributed by atoms with van der Waals surface area (Å²) in [5.74, 6) is -0.254. The number of methoxy groups -OCH3 is 1. The molecule has 1 atom stereocenters. The van der Waals surface area contributed by atoms with Gasteiger partial charge in [0.1, 0.15) is 6.04 Å². The lowest BCUT2D eigenvalue weighted by Gasteiger charge is -2.38. The molecule has 0 radical (unpaired) electrons. The molecule has 3 rings (SSSR count). The topological polar surface area (TPSA) is 109 Å². The third-order valence-electron chi connectivity index (χ3n) is 4.37. The number of nitrogens with two attached hydrogens (primary N) is 1. The van der Waals surface area contributed by atoms with Crippen LogP contribution >= 0.6 is 0 Å². The number of nitrogen functional groups attached to an aromatic ring is 1. The zero-order valence-corrected chi connectivity index (χ0v) is 13.9. The molecule has 2 amide bonds. The van der Waals surface area contributed by atoms with Gasteiger partial charge in [-0.1, -0.05) is 12.1 Å². The second-order valence-corrected chi connectivity index (χ2v) is 5.96. The van der Waals surface area contributed by atoms with Crippen LogP contribution in [0.25, 0.3) is 10.9 Å². The molecule has 2 aromatic rings. The summed E-state index contributed by atoms with van der Waals surface area (Å²) in [7, 11) is 1.45. The van der Waals surface area contributed by atoms with Gasteiger partial charge in [-0.25, -0.2) is 4.79 Å². The second-order valence-electron chi connectivity index (χ2n) is 5.96. The van der Waals surface area contributed by atoms with E-state index < -0.39 is 12.1 Å². The normalized spacial score (nSPS) is 18.0. The van der Waals surface area contributed by atoms with Crippen LogP contribution in [-0.4, -0.2) is 64.7 Å². The third kappa shape index (κ3) is 3.34. The Labute approximate surface area is 144 Å². The summed E-state index contributed by atoms with van der Waals surface area (Å²) in [6.07, 6.45) is 0.535. The maximum absolute atomic E-state index is 12.7. The average Bonchev–Trinajstić information content (AvgIpc) is 2.58. The first-order valence-corrected chi connectivity index (χ1v) is 7.91. The van der Waals surface area contributed by atoms with Crippen LogP contribution in [0.4, 0.5) is 10.5 Å². The molecule has 0 saturated carbocycles. The minimum atomic E-state index is -1.11. The van der Waals surface area contributed by atoms with Crippen LogP contribution in [0.1, 0.15) is 5.56 Å². The Balaban J connectivity index is 1.80. The summed E-state index contributed by atoms with van der Waals surface area (Å²) in [4.78, 5) is 31.1. The Morgan fingerprint density at radius 1 is 1.40 bits per heavy atom. The SMILES string of the molecule is COC[C@H]1C(=O)N(Cc2ccc3c(N)ccnc3c2)CCN1C(=O)O. The van der Waals surface area contributed by atoms with Gasteiger partial charge in [-0.3, -0.25) is 14.7 Å². The highest BCUT2D eigenvalue weighted by Crippen LogP contribution is 2.22. The first kappa shape index (κ1) is 17.0. The quantitative estimate of drug-likeness (QED) is 0.861. The standard InChI is InChI=1S/C17H20N4O4/c1-25-10-15-16(22)20(6-7-21(15)17(23)24)9-11-2-3-12-13(18)4-5-19-14(12)8-11/h2-5,8,15H,6-7,9-10H2,1H3,(H2,18,19)(H,23,24)/t15-/m0/s1. The van der Waals surface area contributed by atoms with E-state index in [4.69, 9.17) is 10.5 Å². The number of piperazine rings is 1. The number of hydrogen-bond acceptors (Lipinski definition) is 5. The fourth-order valence-corrected chi connectivity index (χ4v) is 3.08. The number of carbonyl (C=O) groups is 2. The van der Waals surface area contributed by atoms with Crippen LogP contribution < -0.4 is 5.73 Å². The van der Waals surface area contributed by atoms with Gasteiger partial charge in [0.05, 0.1) is 12.1 Å². The summed E-state index contributed by atoms with van der Waals surface area (Å²) in [5, 5.41) is 10.1. The van der Waals surface area contributed by atoms with E-state index in [9.17, 15) is 14.7 Å². The maximum Gasteiger partial charge on any atom is 0.408 e. The lowest BCUT2D eigenvalue weighted by molar-refractivity contribution is -0.143. The van der Waals surface area contributed by atoms with E-state index in [0.29, 0.717) is 18.8 Å². The summed E-state index contributed by atoms with van der Waals surface area (Å²) in [5.41, 5.74) is 8.27. The van der Waals surface area contributed by atoms with Gasteiger partial charge in [0.25, 0.3) is 0 Å². The van der Waals surface area contributed by atoms with Gasteiger partial charge in [-0.15, -0.1) is 0 Å². The fourth-order valence-electron chi connectivity index (χ4n) is 3.08. The number of aromatic nitrogens is 1. The second kappa shape index (κ2) is 6.94. The Hall–Kier alpha value is -2.87. The molecular weight excluding hydrogens is 324 g/mol. The fraction of sp³-hybridized carbons (Fsp3) is 0.353. The van der Waals surface area contributed by atoms with Crippen LogP contribution in [0.5, 0.6) is 0 Å². The first-order chi connectivity index (χ1) is 12.0. The van der Waals surface area contributed by atoms with Gasteiger partial charge in [-0.05, 0) is 17.7 Å². The van der Waals surface area contributed by atoms with E-state index in [1.54, 1.807) is 17.2 Å². The number of nitrogens with zero attached hydrogens (tertiary/aromatic N) is 3. The van der Waals surface area contributed by atoms with Crippen molar-refractivity contribution in [1.29, 1.82) is 0 Å². The molecule has 3 N–H and O–H groups in total. The first-order valence-electron chi connectivity index (χ1n) is 7.91. The number of pyridine rings is 1. The molecule has 25 heavy (non-hydrogen) atoms. The number of fused-ring (bicyclic) bond motifs is 1. The lowest BCUT2D eigenvalue weighted by atomic mass is 10.1. The van der Waals surface area contributed by atoms with Gasteiger partial charge >= 0.3 is 6.09 Å². The number of carboxylic acid groups (broad SMARTS) is 1. The van der Waals surface area contributed by atoms with Crippen molar-refractivity contribution in [3.05, 3.63) is 36.0 Å². The van der Waals surface area contributed by atoms with Gasteiger partial charge in [0.2, 0.25) is 5.91 Å². The van der Waals surface area contributed by atoms with E-state index in [2.05, 4.69) is 4.98 Å². The maximum atomic E-state index is 12.7. The molecule has 1 aliphatic rings. The zero-order chi connectivity index (χ0) is 18.0. The minimum Gasteiger partial charge on any atom is -0.465 e. The lowest BCUT2D eigenvalue weighted by Crippen LogP contribution is -2.59. The van der Waals surface area contributed by atoms with E-state index in [1.807, 2.05) is 18.2 Å². The number of hydrogen-bond donors (Lipinski definition) is 2. The molecule has 1 aromatic heterocycles. The molecule has 1 aliphatic heterocycles. The van der Waals surface area contributed by atoms with E-state index in [-0.39, 0.29) is 19.1 Å². The van der Waals surface area contributed by atoms with Crippen molar-refractivity contribution in [3.8, 4) is 0 Å². The highest BCUT2D eigenvalue weighted by molar-refractivity contribution is 5.90. The number of anilines is 1. The van der Waals surface area contributed by atoms with Crippen LogP contribution in [0.15, 0.2) is 30.5 Å². The largest absolute Gasteiger partial charge is 0.465 e. The molecule has 132 valence electrons. The van der Waals surface area contributed by atoms with Crippen molar-refractivity contribution in [2.75, 3.05) is 32.5 Å². The Bertz CT molecular complexity index is 810. The predicted octanol–water partition coefficient (Wildman–Crippen LogP) is 1.15. The molecule has 1 fully saturated rings. The Morgan fingerprint density at radius 2 is 2.20 bits per heavy atom. The van der Waals surface area contributed by atoms with Crippen molar-refractivity contribution >= 4 is 28.6 Å². The van der Waals surface area contributed by atoms with Gasteiger partial charge in [0.15, 0.2) is 0 Å². The zero-order valence-electron chi connectivity index (χ0n) is 13.9. The number of amides is 2. The molecule has 1 saturated heterocycles.